The van der Waals surface area contributed by atoms with Crippen molar-refractivity contribution < 1.29 is 4.79 Å². The van der Waals surface area contributed by atoms with Gasteiger partial charge in [0.2, 0.25) is 0 Å². The second-order valence-corrected chi connectivity index (χ2v) is 9.37. The summed E-state index contributed by atoms with van der Waals surface area (Å²) in [5, 5.41) is 3.51. The molecular weight excluding hydrogens is 394 g/mol. The van der Waals surface area contributed by atoms with Crippen LogP contribution >= 0.6 is 0 Å². The highest BCUT2D eigenvalue weighted by molar-refractivity contribution is 5.97. The van der Waals surface area contributed by atoms with E-state index in [0.717, 1.165) is 41.8 Å². The minimum absolute atomic E-state index is 0.0250. The number of aromatic nitrogens is 1. The van der Waals surface area contributed by atoms with E-state index in [1.165, 1.54) is 18.4 Å². The Morgan fingerprint density at radius 3 is 2.34 bits per heavy atom. The Morgan fingerprint density at radius 1 is 1.00 bits per heavy atom. The van der Waals surface area contributed by atoms with Gasteiger partial charge in [0.15, 0.2) is 0 Å². The summed E-state index contributed by atoms with van der Waals surface area (Å²) in [4.78, 5) is 20.9. The number of rotatable bonds is 6. The fraction of sp³-hybridized carbons (Fsp3) is 0.357. The van der Waals surface area contributed by atoms with Gasteiger partial charge >= 0.3 is 0 Å². The van der Waals surface area contributed by atoms with Crippen LogP contribution < -0.4 is 5.32 Å². The summed E-state index contributed by atoms with van der Waals surface area (Å²) in [5.41, 5.74) is 5.03. The second-order valence-electron chi connectivity index (χ2n) is 9.37. The second kappa shape index (κ2) is 8.51. The summed E-state index contributed by atoms with van der Waals surface area (Å²) in [5.74, 6) is 0.0250. The van der Waals surface area contributed by atoms with E-state index < -0.39 is 0 Å². The van der Waals surface area contributed by atoms with E-state index in [-0.39, 0.29) is 17.5 Å². The Labute approximate surface area is 190 Å². The monoisotopic (exact) mass is 425 g/mol. The van der Waals surface area contributed by atoms with Gasteiger partial charge in [0.25, 0.3) is 5.91 Å². The van der Waals surface area contributed by atoms with Gasteiger partial charge in [-0.15, -0.1) is 0 Å². The van der Waals surface area contributed by atoms with Crippen LogP contribution in [0.15, 0.2) is 72.9 Å². The van der Waals surface area contributed by atoms with Crippen molar-refractivity contribution in [2.75, 3.05) is 0 Å². The van der Waals surface area contributed by atoms with Crippen molar-refractivity contribution in [2.45, 2.75) is 63.7 Å². The molecule has 1 aromatic heterocycles. The van der Waals surface area contributed by atoms with Crippen LogP contribution in [0.25, 0.3) is 0 Å². The Morgan fingerprint density at radius 2 is 1.69 bits per heavy atom. The maximum Gasteiger partial charge on any atom is 0.252 e. The van der Waals surface area contributed by atoms with Crippen molar-refractivity contribution in [3.05, 3.63) is 101 Å². The van der Waals surface area contributed by atoms with Gasteiger partial charge in [-0.2, -0.15) is 0 Å². The summed E-state index contributed by atoms with van der Waals surface area (Å²) >= 11 is 0. The number of pyridine rings is 1. The number of amides is 1. The van der Waals surface area contributed by atoms with E-state index in [0.29, 0.717) is 6.04 Å². The number of aryl methyl sites for hydroxylation is 2. The molecule has 1 unspecified atom stereocenters. The van der Waals surface area contributed by atoms with Crippen molar-refractivity contribution in [1.82, 2.24) is 15.2 Å². The van der Waals surface area contributed by atoms with E-state index in [1.54, 1.807) is 0 Å². The number of benzene rings is 2. The lowest BCUT2D eigenvalue weighted by molar-refractivity contribution is 0.0753. The van der Waals surface area contributed by atoms with Gasteiger partial charge in [0.05, 0.1) is 11.7 Å². The van der Waals surface area contributed by atoms with Gasteiger partial charge < -0.3 is 5.32 Å². The molecule has 5 rings (SSSR count). The van der Waals surface area contributed by atoms with Crippen LogP contribution in [0, 0.1) is 13.8 Å². The highest BCUT2D eigenvalue weighted by Gasteiger charge is 2.56. The quantitative estimate of drug-likeness (QED) is 0.578. The highest BCUT2D eigenvalue weighted by Crippen LogP contribution is 2.53. The first-order valence-corrected chi connectivity index (χ1v) is 11.7. The molecule has 1 atom stereocenters. The highest BCUT2D eigenvalue weighted by atomic mass is 16.1. The van der Waals surface area contributed by atoms with E-state index in [2.05, 4.69) is 51.6 Å². The molecule has 2 fully saturated rings. The topological polar surface area (TPSA) is 45.2 Å². The SMILES string of the molecule is Cc1cccc(C)c1C(=O)NC(c1ccccc1)C12CCC(CC1)N2Cc1ccccn1. The molecule has 2 bridgehead atoms. The van der Waals surface area contributed by atoms with Crippen molar-refractivity contribution in [2.24, 2.45) is 0 Å². The van der Waals surface area contributed by atoms with Gasteiger partial charge in [-0.05, 0) is 68.4 Å². The third kappa shape index (κ3) is 3.63. The van der Waals surface area contributed by atoms with Crippen LogP contribution in [0.4, 0.5) is 0 Å². The third-order valence-corrected chi connectivity index (χ3v) is 7.55. The average molecular weight is 426 g/mol. The molecule has 4 heteroatoms. The number of nitrogens with zero attached hydrogens (tertiary/aromatic N) is 2. The summed E-state index contributed by atoms with van der Waals surface area (Å²) < 4.78 is 0. The number of hydrogen-bond donors (Lipinski definition) is 1. The largest absolute Gasteiger partial charge is 0.343 e. The maximum atomic E-state index is 13.6. The van der Waals surface area contributed by atoms with E-state index >= 15 is 0 Å². The zero-order chi connectivity index (χ0) is 22.1. The lowest BCUT2D eigenvalue weighted by Gasteiger charge is -2.42. The Bertz CT molecular complexity index is 1070. The minimum atomic E-state index is -0.0875. The number of fused-ring (bicyclic) bond motifs is 2. The number of nitrogens with one attached hydrogen (secondary N) is 1. The zero-order valence-corrected chi connectivity index (χ0v) is 18.9. The molecule has 2 aliphatic rings. The standard InChI is InChI=1S/C28H31N3O/c1-20-9-8-10-21(2)25(20)27(32)30-26(22-11-4-3-5-12-22)28-16-14-24(15-17-28)31(28)19-23-13-6-7-18-29-23/h3-13,18,24,26H,14-17,19H2,1-2H3,(H,30,32). The van der Waals surface area contributed by atoms with E-state index in [9.17, 15) is 4.79 Å². The first kappa shape index (κ1) is 20.9. The molecule has 164 valence electrons. The van der Waals surface area contributed by atoms with Gasteiger partial charge in [-0.3, -0.25) is 14.7 Å². The van der Waals surface area contributed by atoms with Crippen LogP contribution in [0.1, 0.15) is 64.5 Å². The van der Waals surface area contributed by atoms with E-state index in [4.69, 9.17) is 0 Å². The molecule has 2 aliphatic heterocycles. The molecule has 32 heavy (non-hydrogen) atoms. The van der Waals surface area contributed by atoms with Crippen LogP contribution in [0.5, 0.6) is 0 Å². The number of carbonyl (C=O) groups excluding carboxylic acids is 1. The summed E-state index contributed by atoms with van der Waals surface area (Å²) in [6, 6.07) is 23.2. The predicted octanol–water partition coefficient (Wildman–Crippen LogP) is 5.37. The summed E-state index contributed by atoms with van der Waals surface area (Å²) in [7, 11) is 0. The molecule has 2 aromatic carbocycles. The molecular formula is C28H31N3O. The first-order chi connectivity index (χ1) is 15.6. The fourth-order valence-electron chi connectivity index (χ4n) is 6.02. The zero-order valence-electron chi connectivity index (χ0n) is 18.9. The van der Waals surface area contributed by atoms with Crippen molar-refractivity contribution in [3.63, 3.8) is 0 Å². The normalized spacial score (nSPS) is 23.2. The number of hydrogen-bond acceptors (Lipinski definition) is 3. The average Bonchev–Trinajstić information content (AvgIpc) is 3.33. The van der Waals surface area contributed by atoms with Crippen molar-refractivity contribution >= 4 is 5.91 Å². The Kier molecular flexibility index (Phi) is 5.56. The third-order valence-electron chi connectivity index (χ3n) is 7.55. The van der Waals surface area contributed by atoms with Crippen molar-refractivity contribution in [1.29, 1.82) is 0 Å². The molecule has 1 N–H and O–H groups in total. The maximum absolute atomic E-state index is 13.6. The van der Waals surface area contributed by atoms with Gasteiger partial charge in [-0.25, -0.2) is 0 Å². The van der Waals surface area contributed by atoms with Gasteiger partial charge in [-0.1, -0.05) is 54.6 Å². The summed E-state index contributed by atoms with van der Waals surface area (Å²) in [6.45, 7) is 4.87. The van der Waals surface area contributed by atoms with Crippen LogP contribution in [-0.4, -0.2) is 27.4 Å². The predicted molar refractivity (Wildman–Crippen MR) is 127 cm³/mol. The minimum Gasteiger partial charge on any atom is -0.343 e. The molecule has 3 heterocycles. The molecule has 4 nitrogen and oxygen atoms in total. The van der Waals surface area contributed by atoms with Gasteiger partial charge in [0, 0.05) is 29.9 Å². The molecule has 0 spiro atoms. The Balaban J connectivity index is 1.53. The molecule has 0 aliphatic carbocycles. The Hall–Kier alpha value is -2.98. The molecule has 0 saturated carbocycles. The lowest BCUT2D eigenvalue weighted by atomic mass is 9.78. The molecule has 0 radical (unpaired) electrons. The van der Waals surface area contributed by atoms with Crippen molar-refractivity contribution in [3.8, 4) is 0 Å². The molecule has 3 aromatic rings. The first-order valence-electron chi connectivity index (χ1n) is 11.7. The lowest BCUT2D eigenvalue weighted by Crippen LogP contribution is -2.52. The fourth-order valence-corrected chi connectivity index (χ4v) is 6.02. The van der Waals surface area contributed by atoms with Crippen LogP contribution in [-0.2, 0) is 6.54 Å². The summed E-state index contributed by atoms with van der Waals surface area (Å²) in [6.07, 6.45) is 6.41. The molecule has 1 amide bonds. The van der Waals surface area contributed by atoms with Crippen LogP contribution in [0.2, 0.25) is 0 Å². The van der Waals surface area contributed by atoms with Crippen LogP contribution in [0.3, 0.4) is 0 Å². The van der Waals surface area contributed by atoms with E-state index in [1.807, 2.05) is 50.4 Å². The smallest absolute Gasteiger partial charge is 0.252 e. The van der Waals surface area contributed by atoms with Gasteiger partial charge in [0.1, 0.15) is 0 Å². The number of carbonyl (C=O) groups is 1. The molecule has 2 saturated heterocycles.